The summed E-state index contributed by atoms with van der Waals surface area (Å²) in [6.45, 7) is 7.36. The minimum absolute atomic E-state index is 0.102. The third-order valence-corrected chi connectivity index (χ3v) is 3.79. The van der Waals surface area contributed by atoms with Crippen LogP contribution >= 0.6 is 11.8 Å². The Morgan fingerprint density at radius 1 is 1.41 bits per heavy atom. The lowest BCUT2D eigenvalue weighted by atomic mass is 10.1. The number of hydrogen-bond acceptors (Lipinski definition) is 3. The smallest absolute Gasteiger partial charge is 0.157 e. The van der Waals surface area contributed by atoms with Gasteiger partial charge in [0.15, 0.2) is 5.17 Å². The van der Waals surface area contributed by atoms with E-state index in [1.165, 1.54) is 0 Å². The number of halogens is 1. The Kier molecular flexibility index (Phi) is 3.72. The number of benzene rings is 1. The van der Waals surface area contributed by atoms with E-state index in [-0.39, 0.29) is 5.82 Å². The molecule has 0 aliphatic carbocycles. The van der Waals surface area contributed by atoms with Crippen molar-refractivity contribution in [1.82, 2.24) is 5.32 Å². The lowest BCUT2D eigenvalue weighted by molar-refractivity contribution is 0.608. The maximum Gasteiger partial charge on any atom is 0.157 e. The SMILES string of the molecule is Cc1cc(CNC2=NCC(C)S2)cc(C)c1F. The van der Waals surface area contributed by atoms with Crippen molar-refractivity contribution in [3.05, 3.63) is 34.6 Å². The van der Waals surface area contributed by atoms with Gasteiger partial charge in [-0.1, -0.05) is 30.8 Å². The summed E-state index contributed by atoms with van der Waals surface area (Å²) in [6.07, 6.45) is 0. The maximum atomic E-state index is 13.5. The van der Waals surface area contributed by atoms with Gasteiger partial charge in [-0.2, -0.15) is 0 Å². The van der Waals surface area contributed by atoms with E-state index in [9.17, 15) is 4.39 Å². The number of nitrogens with one attached hydrogen (secondary N) is 1. The molecule has 0 saturated heterocycles. The molecule has 4 heteroatoms. The van der Waals surface area contributed by atoms with Crippen molar-refractivity contribution in [3.8, 4) is 0 Å². The molecule has 1 aromatic carbocycles. The van der Waals surface area contributed by atoms with Gasteiger partial charge in [-0.25, -0.2) is 4.39 Å². The molecule has 1 atom stereocenters. The van der Waals surface area contributed by atoms with Crippen LogP contribution in [0, 0.1) is 19.7 Å². The number of aryl methyl sites for hydroxylation is 2. The molecule has 0 spiro atoms. The van der Waals surface area contributed by atoms with Gasteiger partial charge in [0.05, 0.1) is 6.54 Å². The zero-order chi connectivity index (χ0) is 12.4. The normalized spacial score (nSPS) is 19.3. The van der Waals surface area contributed by atoms with Crippen LogP contribution in [0.15, 0.2) is 17.1 Å². The third-order valence-electron chi connectivity index (χ3n) is 2.74. The summed E-state index contributed by atoms with van der Waals surface area (Å²) in [6, 6.07) is 3.78. The summed E-state index contributed by atoms with van der Waals surface area (Å²) in [4.78, 5) is 4.39. The summed E-state index contributed by atoms with van der Waals surface area (Å²) in [7, 11) is 0. The van der Waals surface area contributed by atoms with Gasteiger partial charge in [-0.05, 0) is 30.5 Å². The lowest BCUT2D eigenvalue weighted by Crippen LogP contribution is -2.18. The Morgan fingerprint density at radius 2 is 2.06 bits per heavy atom. The molecule has 17 heavy (non-hydrogen) atoms. The van der Waals surface area contributed by atoms with Crippen LogP contribution in [0.3, 0.4) is 0 Å². The van der Waals surface area contributed by atoms with E-state index >= 15 is 0 Å². The molecule has 2 rings (SSSR count). The fourth-order valence-corrected chi connectivity index (χ4v) is 2.72. The monoisotopic (exact) mass is 252 g/mol. The van der Waals surface area contributed by atoms with Crippen LogP contribution < -0.4 is 5.32 Å². The van der Waals surface area contributed by atoms with Crippen molar-refractivity contribution in [3.63, 3.8) is 0 Å². The van der Waals surface area contributed by atoms with Gasteiger partial charge in [-0.15, -0.1) is 0 Å². The minimum atomic E-state index is -0.102. The standard InChI is InChI=1S/C13H17FN2S/c1-8-4-11(5-9(2)12(8)14)7-16-13-15-6-10(3)17-13/h4-5,10H,6-7H2,1-3H3,(H,15,16). The summed E-state index contributed by atoms with van der Waals surface area (Å²) in [5.74, 6) is -0.102. The van der Waals surface area contributed by atoms with Crippen molar-refractivity contribution < 1.29 is 4.39 Å². The molecule has 1 aliphatic rings. The highest BCUT2D eigenvalue weighted by molar-refractivity contribution is 8.14. The predicted molar refractivity (Wildman–Crippen MR) is 72.1 cm³/mol. The third kappa shape index (κ3) is 3.00. The first kappa shape index (κ1) is 12.4. The molecule has 1 N–H and O–H groups in total. The molecule has 1 aliphatic heterocycles. The van der Waals surface area contributed by atoms with Crippen molar-refractivity contribution in [2.24, 2.45) is 4.99 Å². The highest BCUT2D eigenvalue weighted by Gasteiger charge is 2.14. The van der Waals surface area contributed by atoms with Gasteiger partial charge < -0.3 is 5.32 Å². The number of hydrogen-bond donors (Lipinski definition) is 1. The van der Waals surface area contributed by atoms with Crippen molar-refractivity contribution in [1.29, 1.82) is 0 Å². The second-order valence-corrected chi connectivity index (χ2v) is 5.90. The molecule has 0 saturated carbocycles. The van der Waals surface area contributed by atoms with E-state index in [0.717, 1.165) is 17.3 Å². The first-order chi connectivity index (χ1) is 8.06. The highest BCUT2D eigenvalue weighted by Crippen LogP contribution is 2.19. The van der Waals surface area contributed by atoms with Gasteiger partial charge in [0.1, 0.15) is 5.82 Å². The Morgan fingerprint density at radius 3 is 2.59 bits per heavy atom. The summed E-state index contributed by atoms with van der Waals surface area (Å²) < 4.78 is 13.5. The van der Waals surface area contributed by atoms with E-state index in [0.29, 0.717) is 22.9 Å². The second-order valence-electron chi connectivity index (χ2n) is 4.47. The molecule has 1 aromatic rings. The van der Waals surface area contributed by atoms with Crippen LogP contribution in [0.25, 0.3) is 0 Å². The average molecular weight is 252 g/mol. The van der Waals surface area contributed by atoms with E-state index < -0.39 is 0 Å². The molecule has 2 nitrogen and oxygen atoms in total. The largest absolute Gasteiger partial charge is 0.361 e. The number of thioether (sulfide) groups is 1. The predicted octanol–water partition coefficient (Wildman–Crippen LogP) is 3.02. The number of aliphatic imine (C=N–C) groups is 1. The molecule has 1 heterocycles. The fraction of sp³-hybridized carbons (Fsp3) is 0.462. The summed E-state index contributed by atoms with van der Waals surface area (Å²) in [5.41, 5.74) is 2.51. The van der Waals surface area contributed by atoms with Gasteiger partial charge in [0, 0.05) is 11.8 Å². The molecule has 92 valence electrons. The van der Waals surface area contributed by atoms with Crippen LogP contribution in [0.2, 0.25) is 0 Å². The Bertz CT molecular complexity index is 434. The lowest BCUT2D eigenvalue weighted by Gasteiger charge is -2.09. The van der Waals surface area contributed by atoms with Crippen molar-refractivity contribution in [2.45, 2.75) is 32.6 Å². The van der Waals surface area contributed by atoms with Gasteiger partial charge in [-0.3, -0.25) is 4.99 Å². The summed E-state index contributed by atoms with van der Waals surface area (Å²) in [5, 5.41) is 4.85. The van der Waals surface area contributed by atoms with Crippen LogP contribution in [0.1, 0.15) is 23.6 Å². The average Bonchev–Trinajstić information content (AvgIpc) is 2.69. The molecule has 0 fully saturated rings. The molecular weight excluding hydrogens is 235 g/mol. The number of rotatable bonds is 2. The van der Waals surface area contributed by atoms with Crippen LogP contribution in [-0.2, 0) is 6.54 Å². The number of nitrogens with zero attached hydrogens (tertiary/aromatic N) is 1. The topological polar surface area (TPSA) is 24.4 Å². The molecule has 0 bridgehead atoms. The van der Waals surface area contributed by atoms with E-state index in [2.05, 4.69) is 17.2 Å². The summed E-state index contributed by atoms with van der Waals surface area (Å²) >= 11 is 1.76. The molecule has 0 radical (unpaired) electrons. The van der Waals surface area contributed by atoms with Crippen LogP contribution in [-0.4, -0.2) is 17.0 Å². The molecule has 0 aromatic heterocycles. The molecule has 1 unspecified atom stereocenters. The number of amidine groups is 1. The Balaban J connectivity index is 2.00. The van der Waals surface area contributed by atoms with Gasteiger partial charge in [0.25, 0.3) is 0 Å². The quantitative estimate of drug-likeness (QED) is 0.875. The fourth-order valence-electron chi connectivity index (χ4n) is 1.89. The maximum absolute atomic E-state index is 13.5. The van der Waals surface area contributed by atoms with E-state index in [4.69, 9.17) is 0 Å². The van der Waals surface area contributed by atoms with Crippen molar-refractivity contribution in [2.75, 3.05) is 6.54 Å². The zero-order valence-corrected chi connectivity index (χ0v) is 11.2. The zero-order valence-electron chi connectivity index (χ0n) is 10.4. The first-order valence-electron chi connectivity index (χ1n) is 5.77. The van der Waals surface area contributed by atoms with Gasteiger partial charge >= 0.3 is 0 Å². The van der Waals surface area contributed by atoms with Crippen LogP contribution in [0.5, 0.6) is 0 Å². The Labute approximate surface area is 106 Å². The second kappa shape index (κ2) is 5.08. The van der Waals surface area contributed by atoms with Crippen molar-refractivity contribution >= 4 is 16.9 Å². The molecular formula is C13H17FN2S. The first-order valence-corrected chi connectivity index (χ1v) is 6.65. The van der Waals surface area contributed by atoms with E-state index in [1.54, 1.807) is 25.6 Å². The molecule has 0 amide bonds. The minimum Gasteiger partial charge on any atom is -0.361 e. The highest BCUT2D eigenvalue weighted by atomic mass is 32.2. The van der Waals surface area contributed by atoms with Gasteiger partial charge in [0.2, 0.25) is 0 Å². The van der Waals surface area contributed by atoms with E-state index in [1.807, 2.05) is 12.1 Å². The van der Waals surface area contributed by atoms with Crippen LogP contribution in [0.4, 0.5) is 4.39 Å². The Hall–Kier alpha value is -1.03.